The van der Waals surface area contributed by atoms with Gasteiger partial charge in [-0.2, -0.15) is 4.98 Å². The summed E-state index contributed by atoms with van der Waals surface area (Å²) in [6.07, 6.45) is 2.83. The van der Waals surface area contributed by atoms with Crippen LogP contribution < -0.4 is 14.8 Å². The van der Waals surface area contributed by atoms with Crippen LogP contribution in [0.5, 0.6) is 11.8 Å². The van der Waals surface area contributed by atoms with E-state index in [1.54, 1.807) is 20.4 Å². The fourth-order valence-corrected chi connectivity index (χ4v) is 2.43. The van der Waals surface area contributed by atoms with E-state index < -0.39 is 0 Å². The van der Waals surface area contributed by atoms with E-state index in [4.69, 9.17) is 9.47 Å². The molecule has 0 radical (unpaired) electrons. The van der Waals surface area contributed by atoms with Crippen molar-refractivity contribution in [2.75, 3.05) is 21.3 Å². The number of aromatic nitrogens is 2. The van der Waals surface area contributed by atoms with Gasteiger partial charge in [0.15, 0.2) is 0 Å². The van der Waals surface area contributed by atoms with Crippen LogP contribution in [0.15, 0.2) is 6.20 Å². The largest absolute Gasteiger partial charge is 0.480 e. The zero-order valence-corrected chi connectivity index (χ0v) is 11.7. The first-order valence-electron chi connectivity index (χ1n) is 6.15. The number of hydrogen-bond donors (Lipinski definition) is 1. The van der Waals surface area contributed by atoms with Crippen LogP contribution in [0.25, 0.3) is 0 Å². The average molecular weight is 251 g/mol. The summed E-state index contributed by atoms with van der Waals surface area (Å²) in [5, 5.41) is 3.32. The van der Waals surface area contributed by atoms with Gasteiger partial charge in [0, 0.05) is 0 Å². The highest BCUT2D eigenvalue weighted by atomic mass is 16.5. The molecule has 0 bridgehead atoms. The summed E-state index contributed by atoms with van der Waals surface area (Å²) in [7, 11) is 5.13. The molecular formula is C13H21N3O2. The predicted molar refractivity (Wildman–Crippen MR) is 68.8 cm³/mol. The van der Waals surface area contributed by atoms with Crippen molar-refractivity contribution in [1.29, 1.82) is 0 Å². The van der Waals surface area contributed by atoms with Gasteiger partial charge in [-0.3, -0.25) is 0 Å². The van der Waals surface area contributed by atoms with E-state index in [9.17, 15) is 0 Å². The number of ether oxygens (including phenoxy) is 2. The smallest absolute Gasteiger partial charge is 0.240 e. The lowest BCUT2D eigenvalue weighted by Gasteiger charge is -2.19. The average Bonchev–Trinajstić information content (AvgIpc) is 2.99. The highest BCUT2D eigenvalue weighted by Crippen LogP contribution is 2.58. The van der Waals surface area contributed by atoms with Gasteiger partial charge in [0.2, 0.25) is 11.8 Å². The molecule has 5 heteroatoms. The molecule has 2 atom stereocenters. The van der Waals surface area contributed by atoms with Gasteiger partial charge in [-0.1, -0.05) is 13.8 Å². The van der Waals surface area contributed by atoms with E-state index in [0.717, 1.165) is 5.69 Å². The number of hydrogen-bond acceptors (Lipinski definition) is 5. The van der Waals surface area contributed by atoms with E-state index in [2.05, 4.69) is 29.1 Å². The quantitative estimate of drug-likeness (QED) is 0.864. The highest BCUT2D eigenvalue weighted by Gasteiger charge is 2.51. The predicted octanol–water partition coefficient (Wildman–Crippen LogP) is 1.80. The maximum atomic E-state index is 5.32. The minimum absolute atomic E-state index is 0.174. The van der Waals surface area contributed by atoms with E-state index in [1.165, 1.54) is 6.42 Å². The van der Waals surface area contributed by atoms with Crippen LogP contribution in [0, 0.1) is 11.3 Å². The molecule has 0 spiro atoms. The van der Waals surface area contributed by atoms with Crippen LogP contribution in [0.4, 0.5) is 0 Å². The zero-order chi connectivity index (χ0) is 13.3. The van der Waals surface area contributed by atoms with E-state index in [0.29, 0.717) is 23.1 Å². The van der Waals surface area contributed by atoms with Crippen molar-refractivity contribution in [3.05, 3.63) is 11.9 Å². The van der Waals surface area contributed by atoms with Gasteiger partial charge < -0.3 is 14.8 Å². The first kappa shape index (κ1) is 13.1. The Morgan fingerprint density at radius 1 is 1.39 bits per heavy atom. The molecule has 1 aromatic rings. The minimum Gasteiger partial charge on any atom is -0.480 e. The third kappa shape index (κ3) is 2.27. The molecule has 1 fully saturated rings. The second-order valence-electron chi connectivity index (χ2n) is 5.37. The third-order valence-corrected chi connectivity index (χ3v) is 3.75. The fraction of sp³-hybridized carbons (Fsp3) is 0.692. The zero-order valence-electron chi connectivity index (χ0n) is 11.7. The molecule has 1 aliphatic carbocycles. The van der Waals surface area contributed by atoms with Gasteiger partial charge in [0.1, 0.15) is 5.69 Å². The van der Waals surface area contributed by atoms with E-state index in [1.807, 2.05) is 7.05 Å². The van der Waals surface area contributed by atoms with E-state index >= 15 is 0 Å². The van der Waals surface area contributed by atoms with Gasteiger partial charge >= 0.3 is 0 Å². The van der Waals surface area contributed by atoms with Crippen molar-refractivity contribution in [3.8, 4) is 11.8 Å². The molecule has 1 saturated carbocycles. The van der Waals surface area contributed by atoms with Crippen molar-refractivity contribution in [2.24, 2.45) is 11.3 Å². The second kappa shape index (κ2) is 4.72. The number of methoxy groups -OCH3 is 2. The molecule has 1 N–H and O–H groups in total. The summed E-state index contributed by atoms with van der Waals surface area (Å²) in [5.41, 5.74) is 1.22. The number of nitrogens with zero attached hydrogens (tertiary/aromatic N) is 2. The Kier molecular flexibility index (Phi) is 3.43. The van der Waals surface area contributed by atoms with Crippen LogP contribution in [-0.2, 0) is 0 Å². The lowest BCUT2D eigenvalue weighted by molar-refractivity contribution is 0.341. The molecule has 18 heavy (non-hydrogen) atoms. The summed E-state index contributed by atoms with van der Waals surface area (Å²) in [4.78, 5) is 8.73. The molecule has 2 unspecified atom stereocenters. The molecule has 0 aliphatic heterocycles. The Morgan fingerprint density at radius 2 is 2.06 bits per heavy atom. The Bertz CT molecular complexity index is 434. The van der Waals surface area contributed by atoms with Gasteiger partial charge in [0.05, 0.1) is 26.5 Å². The van der Waals surface area contributed by atoms with Gasteiger partial charge in [-0.25, -0.2) is 4.98 Å². The summed E-state index contributed by atoms with van der Waals surface area (Å²) in [6, 6.07) is 0.174. The summed E-state index contributed by atoms with van der Waals surface area (Å²) < 4.78 is 10.4. The van der Waals surface area contributed by atoms with Crippen molar-refractivity contribution in [3.63, 3.8) is 0 Å². The van der Waals surface area contributed by atoms with Crippen molar-refractivity contribution in [1.82, 2.24) is 15.3 Å². The Morgan fingerprint density at radius 3 is 2.50 bits per heavy atom. The maximum absolute atomic E-state index is 5.32. The van der Waals surface area contributed by atoms with E-state index in [-0.39, 0.29) is 6.04 Å². The molecule has 1 heterocycles. The molecule has 1 aromatic heterocycles. The Hall–Kier alpha value is -1.36. The monoisotopic (exact) mass is 251 g/mol. The normalized spacial score (nSPS) is 22.4. The van der Waals surface area contributed by atoms with Crippen LogP contribution in [0.2, 0.25) is 0 Å². The van der Waals surface area contributed by atoms with Crippen LogP contribution >= 0.6 is 0 Å². The SMILES string of the molecule is CNC(c1ncc(OC)nc1OC)C1CC1(C)C. The Labute approximate surface area is 108 Å². The molecular weight excluding hydrogens is 230 g/mol. The minimum atomic E-state index is 0.174. The second-order valence-corrected chi connectivity index (χ2v) is 5.37. The summed E-state index contributed by atoms with van der Waals surface area (Å²) >= 11 is 0. The molecule has 5 nitrogen and oxygen atoms in total. The molecule has 2 rings (SSSR count). The number of rotatable bonds is 5. The van der Waals surface area contributed by atoms with Crippen LogP contribution in [0.3, 0.4) is 0 Å². The van der Waals surface area contributed by atoms with Crippen molar-refractivity contribution in [2.45, 2.75) is 26.3 Å². The number of nitrogens with one attached hydrogen (secondary N) is 1. The molecule has 0 aromatic carbocycles. The summed E-state index contributed by atoms with van der Waals surface area (Å²) in [5.74, 6) is 1.58. The third-order valence-electron chi connectivity index (χ3n) is 3.75. The van der Waals surface area contributed by atoms with Crippen LogP contribution in [0.1, 0.15) is 32.0 Å². The Balaban J connectivity index is 2.31. The highest BCUT2D eigenvalue weighted by molar-refractivity contribution is 5.28. The van der Waals surface area contributed by atoms with Crippen molar-refractivity contribution >= 4 is 0 Å². The first-order chi connectivity index (χ1) is 8.53. The molecule has 1 aliphatic rings. The first-order valence-corrected chi connectivity index (χ1v) is 6.15. The van der Waals surface area contributed by atoms with Crippen LogP contribution in [-0.4, -0.2) is 31.2 Å². The molecule has 0 amide bonds. The van der Waals surface area contributed by atoms with Gasteiger partial charge in [-0.05, 0) is 24.8 Å². The lowest BCUT2D eigenvalue weighted by Crippen LogP contribution is -2.22. The fourth-order valence-electron chi connectivity index (χ4n) is 2.43. The standard InChI is InChI=1S/C13H21N3O2/c1-13(2)6-8(13)10(14-3)11-12(18-5)16-9(17-4)7-15-11/h7-8,10,14H,6H2,1-5H3. The lowest BCUT2D eigenvalue weighted by atomic mass is 10.0. The molecule has 0 saturated heterocycles. The van der Waals surface area contributed by atoms with Gasteiger partial charge in [0.25, 0.3) is 0 Å². The van der Waals surface area contributed by atoms with Gasteiger partial charge in [-0.15, -0.1) is 0 Å². The maximum Gasteiger partial charge on any atom is 0.240 e. The topological polar surface area (TPSA) is 56.3 Å². The molecule has 100 valence electrons. The summed E-state index contributed by atoms with van der Waals surface area (Å²) in [6.45, 7) is 4.54. The van der Waals surface area contributed by atoms with Crippen molar-refractivity contribution < 1.29 is 9.47 Å².